The van der Waals surface area contributed by atoms with Gasteiger partial charge in [-0.3, -0.25) is 10.1 Å². The first-order valence-corrected chi connectivity index (χ1v) is 6.31. The van der Waals surface area contributed by atoms with Gasteiger partial charge in [0.05, 0.1) is 16.1 Å². The van der Waals surface area contributed by atoms with Crippen molar-refractivity contribution in [3.8, 4) is 0 Å². The number of nitrogen functional groups attached to an aromatic ring is 1. The highest BCUT2D eigenvalue weighted by Gasteiger charge is 2.41. The molecule has 1 saturated heterocycles. The normalized spacial score (nSPS) is 20.7. The monoisotopic (exact) mass is 281 g/mol. The number of ether oxygens (including phenoxy) is 1. The number of rotatable bonds is 2. The van der Waals surface area contributed by atoms with Crippen LogP contribution in [-0.4, -0.2) is 39.2 Å². The molecule has 1 aliphatic rings. The van der Waals surface area contributed by atoms with E-state index in [1.807, 2.05) is 32.6 Å². The van der Waals surface area contributed by atoms with E-state index in [1.165, 1.54) is 6.33 Å². The topological polar surface area (TPSA) is 107 Å². The van der Waals surface area contributed by atoms with Gasteiger partial charge in [-0.25, -0.2) is 9.97 Å². The summed E-state index contributed by atoms with van der Waals surface area (Å²) in [6.45, 7) is 8.75. The Morgan fingerprint density at radius 1 is 1.30 bits per heavy atom. The lowest BCUT2D eigenvalue weighted by Crippen LogP contribution is -2.57. The van der Waals surface area contributed by atoms with E-state index < -0.39 is 16.1 Å². The molecule has 0 amide bonds. The van der Waals surface area contributed by atoms with Gasteiger partial charge >= 0.3 is 5.69 Å². The fourth-order valence-corrected chi connectivity index (χ4v) is 2.73. The Hall–Kier alpha value is -1.96. The van der Waals surface area contributed by atoms with Gasteiger partial charge in [0, 0.05) is 13.1 Å². The Kier molecular flexibility index (Phi) is 3.29. The van der Waals surface area contributed by atoms with Crippen molar-refractivity contribution in [1.82, 2.24) is 9.97 Å². The quantitative estimate of drug-likeness (QED) is 0.644. The second-order valence-corrected chi connectivity index (χ2v) is 6.17. The average molecular weight is 281 g/mol. The SMILES string of the molecule is CC1(C)CN(c2ncnc(N)c2[N+](=O)[O-])CC(C)(C)O1. The van der Waals surface area contributed by atoms with Gasteiger partial charge in [0.25, 0.3) is 0 Å². The van der Waals surface area contributed by atoms with Gasteiger partial charge in [-0.1, -0.05) is 0 Å². The van der Waals surface area contributed by atoms with Crippen molar-refractivity contribution in [2.24, 2.45) is 0 Å². The van der Waals surface area contributed by atoms with E-state index >= 15 is 0 Å². The van der Waals surface area contributed by atoms with E-state index in [9.17, 15) is 10.1 Å². The lowest BCUT2D eigenvalue weighted by atomic mass is 9.99. The number of morpholine rings is 1. The Balaban J connectivity index is 2.46. The van der Waals surface area contributed by atoms with Crippen LogP contribution in [0, 0.1) is 10.1 Å². The van der Waals surface area contributed by atoms with Crippen LogP contribution in [0.3, 0.4) is 0 Å². The smallest absolute Gasteiger partial charge is 0.353 e. The van der Waals surface area contributed by atoms with Crippen molar-refractivity contribution in [2.45, 2.75) is 38.9 Å². The third kappa shape index (κ3) is 2.79. The van der Waals surface area contributed by atoms with Crippen molar-refractivity contribution in [3.05, 3.63) is 16.4 Å². The molecule has 0 bridgehead atoms. The van der Waals surface area contributed by atoms with Crippen LogP contribution < -0.4 is 10.6 Å². The average Bonchev–Trinajstić information content (AvgIpc) is 2.23. The molecule has 0 radical (unpaired) electrons. The molecule has 1 aliphatic heterocycles. The van der Waals surface area contributed by atoms with E-state index in [-0.39, 0.29) is 17.3 Å². The molecule has 0 spiro atoms. The Morgan fingerprint density at radius 2 is 1.85 bits per heavy atom. The highest BCUT2D eigenvalue weighted by molar-refractivity contribution is 5.68. The first-order chi connectivity index (χ1) is 9.11. The summed E-state index contributed by atoms with van der Waals surface area (Å²) in [6, 6.07) is 0. The third-order valence-corrected chi connectivity index (χ3v) is 3.01. The fourth-order valence-electron chi connectivity index (χ4n) is 2.73. The van der Waals surface area contributed by atoms with Crippen LogP contribution >= 0.6 is 0 Å². The zero-order valence-electron chi connectivity index (χ0n) is 12.1. The molecule has 0 aromatic carbocycles. The van der Waals surface area contributed by atoms with Crippen LogP contribution in [0.5, 0.6) is 0 Å². The molecule has 8 heteroatoms. The molecule has 1 aromatic heterocycles. The van der Waals surface area contributed by atoms with Gasteiger partial charge in [0.15, 0.2) is 0 Å². The molecular weight excluding hydrogens is 262 g/mol. The molecule has 0 aliphatic carbocycles. The van der Waals surface area contributed by atoms with Crippen molar-refractivity contribution in [3.63, 3.8) is 0 Å². The number of nitro groups is 1. The van der Waals surface area contributed by atoms with Gasteiger partial charge in [-0.2, -0.15) is 0 Å². The molecule has 1 fully saturated rings. The van der Waals surface area contributed by atoms with E-state index in [0.29, 0.717) is 13.1 Å². The summed E-state index contributed by atoms with van der Waals surface area (Å²) in [5, 5.41) is 11.2. The molecular formula is C12H19N5O3. The maximum absolute atomic E-state index is 11.2. The van der Waals surface area contributed by atoms with E-state index in [1.54, 1.807) is 0 Å². The predicted octanol–water partition coefficient (Wildman–Crippen LogP) is 1.36. The molecule has 2 N–H and O–H groups in total. The van der Waals surface area contributed by atoms with Crippen LogP contribution in [-0.2, 0) is 4.74 Å². The first kappa shape index (κ1) is 14.4. The zero-order valence-corrected chi connectivity index (χ0v) is 12.1. The van der Waals surface area contributed by atoms with Gasteiger partial charge in [-0.15, -0.1) is 0 Å². The van der Waals surface area contributed by atoms with Crippen LogP contribution in [0.1, 0.15) is 27.7 Å². The minimum absolute atomic E-state index is 0.123. The minimum Gasteiger partial charge on any atom is -0.378 e. The molecule has 0 unspecified atom stereocenters. The number of aromatic nitrogens is 2. The molecule has 0 atom stereocenters. The largest absolute Gasteiger partial charge is 0.378 e. The molecule has 110 valence electrons. The Morgan fingerprint density at radius 3 is 2.35 bits per heavy atom. The lowest BCUT2D eigenvalue weighted by molar-refractivity contribution is -0.383. The van der Waals surface area contributed by atoms with Gasteiger partial charge < -0.3 is 15.4 Å². The summed E-state index contributed by atoms with van der Waals surface area (Å²) < 4.78 is 5.96. The molecule has 8 nitrogen and oxygen atoms in total. The lowest BCUT2D eigenvalue weighted by Gasteiger charge is -2.47. The number of hydrogen-bond donors (Lipinski definition) is 1. The summed E-state index contributed by atoms with van der Waals surface area (Å²) in [5.41, 5.74) is 4.49. The van der Waals surface area contributed by atoms with Gasteiger partial charge in [0.2, 0.25) is 11.6 Å². The summed E-state index contributed by atoms with van der Waals surface area (Å²) in [5.74, 6) is 0.119. The molecule has 2 rings (SSSR count). The highest BCUT2D eigenvalue weighted by atomic mass is 16.6. The summed E-state index contributed by atoms with van der Waals surface area (Å²) >= 11 is 0. The van der Waals surface area contributed by atoms with Crippen LogP contribution in [0.15, 0.2) is 6.33 Å². The van der Waals surface area contributed by atoms with Crippen molar-refractivity contribution in [2.75, 3.05) is 23.7 Å². The first-order valence-electron chi connectivity index (χ1n) is 6.31. The van der Waals surface area contributed by atoms with Crippen LogP contribution in [0.2, 0.25) is 0 Å². The van der Waals surface area contributed by atoms with Crippen molar-refractivity contribution in [1.29, 1.82) is 0 Å². The summed E-state index contributed by atoms with van der Waals surface area (Å²) in [6.07, 6.45) is 1.24. The van der Waals surface area contributed by atoms with Crippen LogP contribution in [0.25, 0.3) is 0 Å². The Bertz CT molecular complexity index is 528. The maximum atomic E-state index is 11.2. The second-order valence-electron chi connectivity index (χ2n) is 6.17. The van der Waals surface area contributed by atoms with E-state index in [0.717, 1.165) is 0 Å². The minimum atomic E-state index is -0.542. The fraction of sp³-hybridized carbons (Fsp3) is 0.667. The predicted molar refractivity (Wildman–Crippen MR) is 74.6 cm³/mol. The van der Waals surface area contributed by atoms with Gasteiger partial charge in [-0.05, 0) is 27.7 Å². The molecule has 0 saturated carbocycles. The van der Waals surface area contributed by atoms with Crippen molar-refractivity contribution < 1.29 is 9.66 Å². The summed E-state index contributed by atoms with van der Waals surface area (Å²) in [7, 11) is 0. The standard InChI is InChI=1S/C12H19N5O3/c1-11(2)5-16(6-12(3,4)20-11)10-8(17(18)19)9(13)14-7-15-10/h7H,5-6H2,1-4H3,(H2,13,14,15). The molecule has 1 aromatic rings. The number of anilines is 2. The van der Waals surface area contributed by atoms with E-state index in [2.05, 4.69) is 9.97 Å². The van der Waals surface area contributed by atoms with Crippen LogP contribution in [0.4, 0.5) is 17.3 Å². The number of hydrogen-bond acceptors (Lipinski definition) is 7. The summed E-state index contributed by atoms with van der Waals surface area (Å²) in [4.78, 5) is 20.2. The van der Waals surface area contributed by atoms with Crippen molar-refractivity contribution >= 4 is 17.3 Å². The number of nitrogens with zero attached hydrogens (tertiary/aromatic N) is 4. The zero-order chi connectivity index (χ0) is 15.1. The van der Waals surface area contributed by atoms with E-state index in [4.69, 9.17) is 10.5 Å². The molecule has 20 heavy (non-hydrogen) atoms. The number of nitrogens with two attached hydrogens (primary N) is 1. The Labute approximate surface area is 117 Å². The third-order valence-electron chi connectivity index (χ3n) is 3.01. The molecule has 2 heterocycles. The maximum Gasteiger partial charge on any atom is 0.353 e. The van der Waals surface area contributed by atoms with Gasteiger partial charge in [0.1, 0.15) is 6.33 Å². The second kappa shape index (κ2) is 4.55. The highest BCUT2D eigenvalue weighted by Crippen LogP contribution is 2.36.